The number of likely N-dealkylation sites (N-methyl/N-ethyl adjacent to an activating group) is 1. The maximum absolute atomic E-state index is 11.3. The Morgan fingerprint density at radius 1 is 1.31 bits per heavy atom. The maximum Gasteiger partial charge on any atom is 0.246 e. The third-order valence-corrected chi connectivity index (χ3v) is 3.70. The average molecular weight is 223 g/mol. The highest BCUT2D eigenvalue weighted by Gasteiger charge is 2.37. The van der Waals surface area contributed by atoms with Crippen LogP contribution in [0, 0.1) is 0 Å². The first-order valence-electron chi connectivity index (χ1n) is 5.97. The Labute approximate surface area is 97.5 Å². The van der Waals surface area contributed by atoms with Crippen LogP contribution in [-0.4, -0.2) is 72.5 Å². The van der Waals surface area contributed by atoms with Crippen molar-refractivity contribution in [3.8, 4) is 0 Å². The number of piperazine rings is 1. The lowest BCUT2D eigenvalue weighted by molar-refractivity contribution is -0.134. The van der Waals surface area contributed by atoms with Gasteiger partial charge in [-0.3, -0.25) is 9.69 Å². The van der Waals surface area contributed by atoms with Gasteiger partial charge in [0.25, 0.3) is 0 Å². The summed E-state index contributed by atoms with van der Waals surface area (Å²) in [6, 6.07) is 1.16. The summed E-state index contributed by atoms with van der Waals surface area (Å²) in [6.07, 6.45) is 1.41. The molecule has 2 aliphatic heterocycles. The average Bonchev–Trinajstić information content (AvgIpc) is 2.18. The lowest BCUT2D eigenvalue weighted by Crippen LogP contribution is -2.66. The van der Waals surface area contributed by atoms with Crippen LogP contribution in [-0.2, 0) is 4.79 Å². The third-order valence-electron chi connectivity index (χ3n) is 3.70. The molecule has 0 unspecified atom stereocenters. The number of nitrogens with zero attached hydrogens (tertiary/aromatic N) is 3. The molecule has 0 N–H and O–H groups in total. The van der Waals surface area contributed by atoms with Gasteiger partial charge in [0.2, 0.25) is 5.91 Å². The first-order valence-corrected chi connectivity index (χ1v) is 5.97. The minimum atomic E-state index is 0.0676. The molecule has 0 saturated carbocycles. The van der Waals surface area contributed by atoms with E-state index in [0.29, 0.717) is 12.1 Å². The van der Waals surface area contributed by atoms with Crippen LogP contribution in [0.2, 0.25) is 0 Å². The van der Waals surface area contributed by atoms with Gasteiger partial charge in [-0.25, -0.2) is 0 Å². The maximum atomic E-state index is 11.3. The van der Waals surface area contributed by atoms with E-state index in [1.165, 1.54) is 6.08 Å². The van der Waals surface area contributed by atoms with E-state index in [2.05, 4.69) is 30.4 Å². The quantitative estimate of drug-likeness (QED) is 0.618. The lowest BCUT2D eigenvalue weighted by Gasteiger charge is -2.50. The Morgan fingerprint density at radius 3 is 2.56 bits per heavy atom. The second kappa shape index (κ2) is 4.55. The molecule has 0 radical (unpaired) electrons. The second-order valence-electron chi connectivity index (χ2n) is 4.95. The highest BCUT2D eigenvalue weighted by Crippen LogP contribution is 2.20. The molecule has 2 saturated heterocycles. The van der Waals surface area contributed by atoms with E-state index >= 15 is 0 Å². The van der Waals surface area contributed by atoms with Crippen LogP contribution in [0.4, 0.5) is 0 Å². The van der Waals surface area contributed by atoms with Gasteiger partial charge in [0.05, 0.1) is 0 Å². The van der Waals surface area contributed by atoms with Crippen molar-refractivity contribution < 1.29 is 4.79 Å². The summed E-state index contributed by atoms with van der Waals surface area (Å²) in [4.78, 5) is 18.1. The number of hydrogen-bond acceptors (Lipinski definition) is 3. The molecule has 0 bridgehead atoms. The summed E-state index contributed by atoms with van der Waals surface area (Å²) in [7, 11) is 2.17. The Bertz CT molecular complexity index is 286. The monoisotopic (exact) mass is 223 g/mol. The Balaban J connectivity index is 1.83. The fraction of sp³-hybridized carbons (Fsp3) is 0.750. The highest BCUT2D eigenvalue weighted by atomic mass is 16.2. The molecule has 4 nitrogen and oxygen atoms in total. The first-order chi connectivity index (χ1) is 7.61. The molecule has 2 heterocycles. The molecule has 0 aliphatic carbocycles. The SMILES string of the molecule is C=CC(=O)N1CC(N2CCN(C)C[C@@H]2C)C1. The number of carbonyl (C=O) groups is 1. The number of likely N-dealkylation sites (tertiary alicyclic amines) is 1. The molecule has 2 fully saturated rings. The molecule has 1 amide bonds. The predicted octanol–water partition coefficient (Wildman–Crippen LogP) is 0.0191. The molecule has 0 aromatic rings. The van der Waals surface area contributed by atoms with Crippen molar-refractivity contribution in [2.75, 3.05) is 39.8 Å². The van der Waals surface area contributed by atoms with Gasteiger partial charge in [-0.05, 0) is 20.0 Å². The van der Waals surface area contributed by atoms with E-state index in [0.717, 1.165) is 32.7 Å². The normalized spacial score (nSPS) is 28.9. The third kappa shape index (κ3) is 2.13. The van der Waals surface area contributed by atoms with Gasteiger partial charge < -0.3 is 9.80 Å². The number of carbonyl (C=O) groups excluding carboxylic acids is 1. The summed E-state index contributed by atoms with van der Waals surface area (Å²) in [5.41, 5.74) is 0. The summed E-state index contributed by atoms with van der Waals surface area (Å²) >= 11 is 0. The molecule has 0 aromatic carbocycles. The van der Waals surface area contributed by atoms with Crippen LogP contribution in [0.15, 0.2) is 12.7 Å². The van der Waals surface area contributed by atoms with E-state index in [-0.39, 0.29) is 5.91 Å². The van der Waals surface area contributed by atoms with Gasteiger partial charge in [-0.15, -0.1) is 0 Å². The van der Waals surface area contributed by atoms with Gasteiger partial charge in [0.1, 0.15) is 0 Å². The zero-order chi connectivity index (χ0) is 11.7. The minimum absolute atomic E-state index is 0.0676. The summed E-state index contributed by atoms with van der Waals surface area (Å²) in [5.74, 6) is 0.0676. The molecular formula is C12H21N3O. The topological polar surface area (TPSA) is 26.8 Å². The van der Waals surface area contributed by atoms with Gasteiger partial charge in [-0.1, -0.05) is 6.58 Å². The van der Waals surface area contributed by atoms with Gasteiger partial charge in [0, 0.05) is 44.8 Å². The number of rotatable bonds is 2. The van der Waals surface area contributed by atoms with Gasteiger partial charge >= 0.3 is 0 Å². The minimum Gasteiger partial charge on any atom is -0.336 e. The standard InChI is InChI=1S/C12H21N3O/c1-4-12(16)14-8-11(9-14)15-6-5-13(3)7-10(15)2/h4,10-11H,1,5-9H2,2-3H3/t10-/m0/s1. The smallest absolute Gasteiger partial charge is 0.246 e. The Hall–Kier alpha value is -0.870. The lowest BCUT2D eigenvalue weighted by atomic mass is 10.0. The second-order valence-corrected chi connectivity index (χ2v) is 4.95. The van der Waals surface area contributed by atoms with E-state index < -0.39 is 0 Å². The summed E-state index contributed by atoms with van der Waals surface area (Å²) < 4.78 is 0. The molecule has 90 valence electrons. The fourth-order valence-electron chi connectivity index (χ4n) is 2.67. The van der Waals surface area contributed by atoms with Crippen LogP contribution in [0.5, 0.6) is 0 Å². The van der Waals surface area contributed by atoms with E-state index in [1.54, 1.807) is 0 Å². The van der Waals surface area contributed by atoms with Crippen molar-refractivity contribution in [3.63, 3.8) is 0 Å². The Kier molecular flexibility index (Phi) is 3.30. The first kappa shape index (κ1) is 11.6. The molecule has 16 heavy (non-hydrogen) atoms. The molecule has 0 spiro atoms. The predicted molar refractivity (Wildman–Crippen MR) is 64.2 cm³/mol. The zero-order valence-electron chi connectivity index (χ0n) is 10.2. The van der Waals surface area contributed by atoms with Crippen LogP contribution >= 0.6 is 0 Å². The van der Waals surface area contributed by atoms with Crippen LogP contribution < -0.4 is 0 Å². The molecule has 0 aromatic heterocycles. The van der Waals surface area contributed by atoms with Crippen molar-refractivity contribution in [1.29, 1.82) is 0 Å². The fourth-order valence-corrected chi connectivity index (χ4v) is 2.67. The van der Waals surface area contributed by atoms with Crippen molar-refractivity contribution in [2.45, 2.75) is 19.0 Å². The Morgan fingerprint density at radius 2 is 2.00 bits per heavy atom. The summed E-state index contributed by atoms with van der Waals surface area (Å²) in [5, 5.41) is 0. The van der Waals surface area contributed by atoms with Crippen LogP contribution in [0.25, 0.3) is 0 Å². The van der Waals surface area contributed by atoms with E-state index in [1.807, 2.05) is 4.90 Å². The molecule has 2 rings (SSSR count). The van der Waals surface area contributed by atoms with Crippen molar-refractivity contribution in [3.05, 3.63) is 12.7 Å². The van der Waals surface area contributed by atoms with Crippen molar-refractivity contribution in [2.24, 2.45) is 0 Å². The van der Waals surface area contributed by atoms with Gasteiger partial charge in [-0.2, -0.15) is 0 Å². The van der Waals surface area contributed by atoms with Crippen LogP contribution in [0.3, 0.4) is 0 Å². The zero-order valence-corrected chi connectivity index (χ0v) is 10.2. The van der Waals surface area contributed by atoms with E-state index in [9.17, 15) is 4.79 Å². The van der Waals surface area contributed by atoms with Crippen molar-refractivity contribution >= 4 is 5.91 Å². The summed E-state index contributed by atoms with van der Waals surface area (Å²) in [6.45, 7) is 10.9. The molecule has 4 heteroatoms. The largest absolute Gasteiger partial charge is 0.336 e. The van der Waals surface area contributed by atoms with Crippen LogP contribution in [0.1, 0.15) is 6.92 Å². The molecule has 2 aliphatic rings. The molecular weight excluding hydrogens is 202 g/mol. The molecule has 1 atom stereocenters. The van der Waals surface area contributed by atoms with Gasteiger partial charge in [0.15, 0.2) is 0 Å². The highest BCUT2D eigenvalue weighted by molar-refractivity contribution is 5.87. The number of hydrogen-bond donors (Lipinski definition) is 0. The van der Waals surface area contributed by atoms with E-state index in [4.69, 9.17) is 0 Å². The number of amides is 1. The van der Waals surface area contributed by atoms with Crippen molar-refractivity contribution in [1.82, 2.24) is 14.7 Å².